The molecule has 3 aromatic rings. The maximum Gasteiger partial charge on any atom is 0.261 e. The summed E-state index contributed by atoms with van der Waals surface area (Å²) in [6.07, 6.45) is 6.66. The fourth-order valence-electron chi connectivity index (χ4n) is 4.93. The van der Waals surface area contributed by atoms with E-state index in [4.69, 9.17) is 0 Å². The van der Waals surface area contributed by atoms with Gasteiger partial charge in [-0.3, -0.25) is 19.5 Å². The Morgan fingerprint density at radius 1 is 1.03 bits per heavy atom. The van der Waals surface area contributed by atoms with Gasteiger partial charge in [-0.2, -0.15) is 0 Å². The second kappa shape index (κ2) is 7.63. The molecule has 2 aromatic carbocycles. The first-order valence-electron chi connectivity index (χ1n) is 10.9. The van der Waals surface area contributed by atoms with Crippen LogP contribution >= 0.6 is 0 Å². The number of aliphatic imine (C=N–C) groups is 1. The average Bonchev–Trinajstić information content (AvgIpc) is 3.36. The minimum atomic E-state index is -2.53. The highest BCUT2D eigenvalue weighted by molar-refractivity contribution is 6.21. The summed E-state index contributed by atoms with van der Waals surface area (Å²) in [6, 6.07) is 10.1. The van der Waals surface area contributed by atoms with Crippen LogP contribution in [0.5, 0.6) is 0 Å². The summed E-state index contributed by atoms with van der Waals surface area (Å²) >= 11 is 0. The fraction of sp³-hybridized carbons (Fsp3) is 0.154. The lowest BCUT2D eigenvalue weighted by atomic mass is 9.78. The predicted molar refractivity (Wildman–Crippen MR) is 121 cm³/mol. The number of alkyl halides is 1. The Morgan fingerprint density at radius 2 is 1.77 bits per heavy atom. The zero-order chi connectivity index (χ0) is 24.3. The van der Waals surface area contributed by atoms with E-state index in [9.17, 15) is 14.0 Å². The molecule has 2 aliphatic heterocycles. The van der Waals surface area contributed by atoms with Crippen molar-refractivity contribution >= 4 is 17.5 Å². The molecule has 9 heteroatoms. The molecule has 3 heterocycles. The number of halogens is 3. The standard InChI is InChI=1S/C26H17F3N4O2/c27-15-7-8-20-18(12-15)23(31-13-21-30-10-11-32(20)21)22-19(28)6-3-9-26(22,29)14-33-24(34)16-4-1-2-5-17(16)25(33)35/h1-12,22H,13-14H2. The number of benzene rings is 2. The van der Waals surface area contributed by atoms with E-state index in [0.29, 0.717) is 11.5 Å². The van der Waals surface area contributed by atoms with Crippen molar-refractivity contribution in [1.29, 1.82) is 0 Å². The van der Waals surface area contributed by atoms with Gasteiger partial charge in [-0.05, 0) is 42.5 Å². The minimum Gasteiger partial charge on any atom is -0.302 e. The van der Waals surface area contributed by atoms with Gasteiger partial charge in [0.25, 0.3) is 11.8 Å². The number of fused-ring (bicyclic) bond motifs is 4. The molecule has 6 nitrogen and oxygen atoms in total. The first-order chi connectivity index (χ1) is 16.9. The van der Waals surface area contributed by atoms with Crippen molar-refractivity contribution in [2.75, 3.05) is 6.54 Å². The smallest absolute Gasteiger partial charge is 0.261 e. The van der Waals surface area contributed by atoms with Crippen molar-refractivity contribution in [3.8, 4) is 5.69 Å². The van der Waals surface area contributed by atoms with Crippen LogP contribution in [0.2, 0.25) is 0 Å². The number of amides is 2. The van der Waals surface area contributed by atoms with Gasteiger partial charge in [0.2, 0.25) is 0 Å². The van der Waals surface area contributed by atoms with Gasteiger partial charge >= 0.3 is 0 Å². The van der Waals surface area contributed by atoms with E-state index in [0.717, 1.165) is 17.1 Å². The molecule has 2 atom stereocenters. The highest BCUT2D eigenvalue weighted by Gasteiger charge is 2.50. The number of carbonyl (C=O) groups excluding carboxylic acids is 2. The van der Waals surface area contributed by atoms with Crippen LogP contribution in [0.1, 0.15) is 32.1 Å². The third-order valence-corrected chi connectivity index (χ3v) is 6.54. The van der Waals surface area contributed by atoms with E-state index in [1.54, 1.807) is 29.1 Å². The van der Waals surface area contributed by atoms with Gasteiger partial charge in [0.05, 0.1) is 41.5 Å². The largest absolute Gasteiger partial charge is 0.302 e. The summed E-state index contributed by atoms with van der Waals surface area (Å²) in [5.74, 6) is -3.84. The zero-order valence-corrected chi connectivity index (χ0v) is 18.2. The molecule has 1 aromatic heterocycles. The van der Waals surface area contributed by atoms with Crippen LogP contribution in [0.25, 0.3) is 5.69 Å². The van der Waals surface area contributed by atoms with Gasteiger partial charge in [0.1, 0.15) is 17.5 Å². The Balaban J connectivity index is 1.45. The van der Waals surface area contributed by atoms with Gasteiger partial charge in [-0.1, -0.05) is 18.2 Å². The predicted octanol–water partition coefficient (Wildman–Crippen LogP) is 4.36. The van der Waals surface area contributed by atoms with Gasteiger partial charge in [-0.15, -0.1) is 0 Å². The van der Waals surface area contributed by atoms with Gasteiger partial charge in [0, 0.05) is 18.0 Å². The number of carbonyl (C=O) groups is 2. The number of hydrogen-bond donors (Lipinski definition) is 0. The molecule has 0 bridgehead atoms. The van der Waals surface area contributed by atoms with Crippen LogP contribution in [-0.2, 0) is 6.54 Å². The zero-order valence-electron chi connectivity index (χ0n) is 18.2. The monoisotopic (exact) mass is 474 g/mol. The van der Waals surface area contributed by atoms with Crippen LogP contribution in [0.3, 0.4) is 0 Å². The molecule has 2 amide bonds. The van der Waals surface area contributed by atoms with E-state index >= 15 is 8.78 Å². The van der Waals surface area contributed by atoms with E-state index in [1.165, 1.54) is 36.4 Å². The van der Waals surface area contributed by atoms with Gasteiger partial charge < -0.3 is 4.57 Å². The highest BCUT2D eigenvalue weighted by Crippen LogP contribution is 2.41. The molecular formula is C26H17F3N4O2. The highest BCUT2D eigenvalue weighted by atomic mass is 19.2. The topological polar surface area (TPSA) is 67.6 Å². The summed E-state index contributed by atoms with van der Waals surface area (Å²) in [7, 11) is 0. The van der Waals surface area contributed by atoms with E-state index in [1.807, 2.05) is 0 Å². The van der Waals surface area contributed by atoms with E-state index in [2.05, 4.69) is 9.98 Å². The molecule has 3 aliphatic rings. The number of allylic oxidation sites excluding steroid dienone is 3. The van der Waals surface area contributed by atoms with E-state index < -0.39 is 41.6 Å². The molecule has 2 unspecified atom stereocenters. The lowest BCUT2D eigenvalue weighted by Gasteiger charge is -2.35. The third-order valence-electron chi connectivity index (χ3n) is 6.54. The molecule has 0 saturated carbocycles. The van der Waals surface area contributed by atoms with Crippen molar-refractivity contribution in [3.63, 3.8) is 0 Å². The van der Waals surface area contributed by atoms with Crippen molar-refractivity contribution in [1.82, 2.24) is 14.5 Å². The Hall–Kier alpha value is -4.27. The quantitative estimate of drug-likeness (QED) is 0.530. The Bertz CT molecular complexity index is 1470. The second-order valence-corrected chi connectivity index (χ2v) is 8.59. The first-order valence-corrected chi connectivity index (χ1v) is 10.9. The summed E-state index contributed by atoms with van der Waals surface area (Å²) in [6.45, 7) is -0.717. The molecule has 174 valence electrons. The van der Waals surface area contributed by atoms with Crippen molar-refractivity contribution in [2.45, 2.75) is 12.2 Å². The molecule has 6 rings (SSSR count). The number of nitrogens with zero attached hydrogens (tertiary/aromatic N) is 4. The minimum absolute atomic E-state index is 0.00915. The first kappa shape index (κ1) is 21.3. The Morgan fingerprint density at radius 3 is 2.51 bits per heavy atom. The van der Waals surface area contributed by atoms with Crippen LogP contribution in [0.4, 0.5) is 13.2 Å². The summed E-state index contributed by atoms with van der Waals surface area (Å²) < 4.78 is 48.2. The van der Waals surface area contributed by atoms with Crippen molar-refractivity contribution in [3.05, 3.63) is 107 Å². The Labute approximate surface area is 197 Å². The number of imidazole rings is 1. The molecule has 0 fully saturated rings. The lowest BCUT2D eigenvalue weighted by molar-refractivity contribution is 0.0521. The molecule has 0 spiro atoms. The fourth-order valence-corrected chi connectivity index (χ4v) is 4.93. The van der Waals surface area contributed by atoms with Crippen LogP contribution in [0, 0.1) is 11.7 Å². The molecule has 0 N–H and O–H groups in total. The van der Waals surface area contributed by atoms with Gasteiger partial charge in [-0.25, -0.2) is 18.2 Å². The van der Waals surface area contributed by atoms with Crippen molar-refractivity contribution in [2.24, 2.45) is 10.9 Å². The van der Waals surface area contributed by atoms with Gasteiger partial charge in [0.15, 0.2) is 5.67 Å². The number of aromatic nitrogens is 2. The van der Waals surface area contributed by atoms with Crippen LogP contribution < -0.4 is 0 Å². The van der Waals surface area contributed by atoms with Crippen LogP contribution in [0.15, 0.2) is 83.9 Å². The molecule has 0 radical (unpaired) electrons. The third kappa shape index (κ3) is 3.18. The summed E-state index contributed by atoms with van der Waals surface area (Å²) in [5.41, 5.74) is -1.55. The number of hydrogen-bond acceptors (Lipinski definition) is 4. The normalized spacial score (nSPS) is 22.8. The maximum atomic E-state index is 16.8. The summed E-state index contributed by atoms with van der Waals surface area (Å²) in [4.78, 5) is 35.3. The molecule has 0 saturated heterocycles. The maximum absolute atomic E-state index is 16.8. The van der Waals surface area contributed by atoms with Crippen LogP contribution in [-0.4, -0.2) is 44.2 Å². The average molecular weight is 474 g/mol. The second-order valence-electron chi connectivity index (χ2n) is 8.59. The lowest BCUT2D eigenvalue weighted by Crippen LogP contribution is -2.49. The number of rotatable bonds is 3. The van der Waals surface area contributed by atoms with Crippen molar-refractivity contribution < 1.29 is 22.8 Å². The van der Waals surface area contributed by atoms with E-state index in [-0.39, 0.29) is 28.9 Å². The molecule has 35 heavy (non-hydrogen) atoms. The Kier molecular flexibility index (Phi) is 4.64. The summed E-state index contributed by atoms with van der Waals surface area (Å²) in [5, 5.41) is 0. The SMILES string of the molecule is O=C1c2ccccc2C(=O)N1CC1(F)C=CC=C(F)C1C1=NCc2nccn2-c2ccc(F)cc21. The molecular weight excluding hydrogens is 457 g/mol. The number of imide groups is 1. The molecule has 1 aliphatic carbocycles.